The number of rotatable bonds is 4. The first-order chi connectivity index (χ1) is 8.93. The molecule has 1 saturated carbocycles. The Morgan fingerprint density at radius 2 is 2.00 bits per heavy atom. The number of hydrogen-bond acceptors (Lipinski definition) is 3. The van der Waals surface area contributed by atoms with Crippen LogP contribution in [0.1, 0.15) is 46.5 Å². The van der Waals surface area contributed by atoms with E-state index in [2.05, 4.69) is 36.6 Å². The van der Waals surface area contributed by atoms with Gasteiger partial charge in [0.2, 0.25) is 0 Å². The first-order valence-corrected chi connectivity index (χ1v) is 7.42. The van der Waals surface area contributed by atoms with Gasteiger partial charge in [-0.1, -0.05) is 20.8 Å². The minimum absolute atomic E-state index is 0.413. The van der Waals surface area contributed by atoms with E-state index in [-0.39, 0.29) is 0 Å². The van der Waals surface area contributed by atoms with Gasteiger partial charge in [0.05, 0.1) is 6.61 Å². The van der Waals surface area contributed by atoms with Crippen molar-refractivity contribution in [2.75, 3.05) is 20.3 Å². The van der Waals surface area contributed by atoms with Crippen LogP contribution in [0, 0.1) is 11.3 Å². The molecule has 1 fully saturated rings. The molecule has 0 aromatic carbocycles. The first kappa shape index (κ1) is 16.4. The molecule has 0 amide bonds. The predicted octanol–water partition coefficient (Wildman–Crippen LogP) is 2.69. The Morgan fingerprint density at radius 1 is 1.37 bits per heavy atom. The van der Waals surface area contributed by atoms with Crippen molar-refractivity contribution in [3.8, 4) is 0 Å². The summed E-state index contributed by atoms with van der Waals surface area (Å²) in [6, 6.07) is 0. The smallest absolute Gasteiger partial charge is 0.187 e. The van der Waals surface area contributed by atoms with Gasteiger partial charge >= 0.3 is 0 Å². The third kappa shape index (κ3) is 6.34. The summed E-state index contributed by atoms with van der Waals surface area (Å²) in [6.45, 7) is 8.33. The van der Waals surface area contributed by atoms with Crippen molar-refractivity contribution in [2.45, 2.75) is 46.5 Å². The topological polar surface area (TPSA) is 45.6 Å². The molecule has 1 rings (SSSR count). The van der Waals surface area contributed by atoms with E-state index in [1.165, 1.54) is 18.6 Å². The van der Waals surface area contributed by atoms with Crippen molar-refractivity contribution >= 4 is 23.0 Å². The molecule has 0 aliphatic heterocycles. The van der Waals surface area contributed by atoms with Crippen molar-refractivity contribution in [1.82, 2.24) is 10.7 Å². The van der Waals surface area contributed by atoms with Crippen molar-refractivity contribution in [3.05, 3.63) is 0 Å². The third-order valence-corrected chi connectivity index (χ3v) is 3.93. The Hall–Kier alpha value is -0.680. The van der Waals surface area contributed by atoms with Crippen LogP contribution in [0.15, 0.2) is 5.10 Å². The lowest BCUT2D eigenvalue weighted by molar-refractivity contribution is 0.204. The quantitative estimate of drug-likeness (QED) is 0.473. The molecule has 5 heteroatoms. The lowest BCUT2D eigenvalue weighted by Crippen LogP contribution is -2.35. The van der Waals surface area contributed by atoms with Crippen LogP contribution >= 0.6 is 12.2 Å². The lowest BCUT2D eigenvalue weighted by Gasteiger charge is -2.34. The molecule has 19 heavy (non-hydrogen) atoms. The van der Waals surface area contributed by atoms with E-state index in [0.717, 1.165) is 18.8 Å². The van der Waals surface area contributed by atoms with Crippen LogP contribution in [0.25, 0.3) is 0 Å². The predicted molar refractivity (Wildman–Crippen MR) is 84.5 cm³/mol. The van der Waals surface area contributed by atoms with Gasteiger partial charge in [-0.15, -0.1) is 0 Å². The van der Waals surface area contributed by atoms with Crippen LogP contribution in [0.2, 0.25) is 0 Å². The summed E-state index contributed by atoms with van der Waals surface area (Å²) >= 11 is 5.13. The highest BCUT2D eigenvalue weighted by molar-refractivity contribution is 7.80. The normalized spacial score (nSPS) is 20.0. The fourth-order valence-corrected chi connectivity index (χ4v) is 2.51. The molecule has 0 radical (unpaired) electrons. The summed E-state index contributed by atoms with van der Waals surface area (Å²) < 4.78 is 4.94. The Balaban J connectivity index is 2.27. The molecule has 0 spiro atoms. The van der Waals surface area contributed by atoms with Gasteiger partial charge in [0, 0.05) is 19.4 Å². The molecule has 0 saturated heterocycles. The van der Waals surface area contributed by atoms with Crippen LogP contribution in [-0.2, 0) is 4.74 Å². The second-order valence-electron chi connectivity index (χ2n) is 6.18. The number of methoxy groups -OCH3 is 1. The van der Waals surface area contributed by atoms with Gasteiger partial charge in [0.25, 0.3) is 0 Å². The molecule has 1 aliphatic carbocycles. The number of thiocarbonyl (C=S) groups is 1. The molecular weight excluding hydrogens is 258 g/mol. The Morgan fingerprint density at radius 3 is 2.53 bits per heavy atom. The molecule has 0 bridgehead atoms. The second-order valence-corrected chi connectivity index (χ2v) is 6.59. The third-order valence-electron chi connectivity index (χ3n) is 3.69. The standard InChI is InChI=1S/C14H27N3OS/c1-14(2,3)11-5-7-12(8-6-11)16-17-13(19)15-9-10-18-4/h11H,5-10H2,1-4H3,(H2,15,17,19). The van der Waals surface area contributed by atoms with Gasteiger partial charge in [0.15, 0.2) is 5.11 Å². The van der Waals surface area contributed by atoms with E-state index in [4.69, 9.17) is 17.0 Å². The minimum atomic E-state index is 0.413. The summed E-state index contributed by atoms with van der Waals surface area (Å²) in [5, 5.41) is 8.02. The molecule has 0 heterocycles. The summed E-state index contributed by atoms with van der Waals surface area (Å²) in [5.74, 6) is 0.804. The number of ether oxygens (including phenoxy) is 1. The fourth-order valence-electron chi connectivity index (χ4n) is 2.36. The van der Waals surface area contributed by atoms with E-state index in [1.807, 2.05) is 0 Å². The molecule has 1 aliphatic rings. The first-order valence-electron chi connectivity index (χ1n) is 7.01. The van der Waals surface area contributed by atoms with Crippen molar-refractivity contribution in [1.29, 1.82) is 0 Å². The second kappa shape index (κ2) is 7.80. The van der Waals surface area contributed by atoms with E-state index in [1.54, 1.807) is 7.11 Å². The van der Waals surface area contributed by atoms with Crippen molar-refractivity contribution in [3.63, 3.8) is 0 Å². The maximum Gasteiger partial charge on any atom is 0.187 e. The highest BCUT2D eigenvalue weighted by Gasteiger charge is 2.27. The molecule has 0 aromatic rings. The Labute approximate surface area is 122 Å². The number of hydrazone groups is 1. The number of nitrogens with zero attached hydrogens (tertiary/aromatic N) is 1. The zero-order chi connectivity index (χ0) is 14.3. The summed E-state index contributed by atoms with van der Waals surface area (Å²) in [6.07, 6.45) is 4.62. The minimum Gasteiger partial charge on any atom is -0.383 e. The average Bonchev–Trinajstić information content (AvgIpc) is 2.36. The van der Waals surface area contributed by atoms with Crippen molar-refractivity contribution < 1.29 is 4.74 Å². The molecule has 4 nitrogen and oxygen atoms in total. The largest absolute Gasteiger partial charge is 0.383 e. The van der Waals surface area contributed by atoms with E-state index in [9.17, 15) is 0 Å². The van der Waals surface area contributed by atoms with Gasteiger partial charge in [0.1, 0.15) is 0 Å². The molecule has 110 valence electrons. The van der Waals surface area contributed by atoms with Crippen LogP contribution in [0.4, 0.5) is 0 Å². The van der Waals surface area contributed by atoms with E-state index in [0.29, 0.717) is 23.7 Å². The molecule has 0 unspecified atom stereocenters. The maximum atomic E-state index is 5.13. The fraction of sp³-hybridized carbons (Fsp3) is 0.857. The van der Waals surface area contributed by atoms with Gasteiger partial charge in [-0.25, -0.2) is 0 Å². The van der Waals surface area contributed by atoms with Gasteiger partial charge in [-0.2, -0.15) is 5.10 Å². The molecule has 0 atom stereocenters. The van der Waals surface area contributed by atoms with E-state index < -0.39 is 0 Å². The SMILES string of the molecule is COCCNC(=S)NN=C1CCC(C(C)(C)C)CC1. The highest BCUT2D eigenvalue weighted by atomic mass is 32.1. The van der Waals surface area contributed by atoms with Gasteiger partial charge in [-0.05, 0) is 49.2 Å². The average molecular weight is 285 g/mol. The molecular formula is C14H27N3OS. The van der Waals surface area contributed by atoms with Gasteiger partial charge < -0.3 is 10.1 Å². The van der Waals surface area contributed by atoms with Crippen LogP contribution in [0.5, 0.6) is 0 Å². The van der Waals surface area contributed by atoms with Crippen LogP contribution < -0.4 is 10.7 Å². The molecule has 2 N–H and O–H groups in total. The van der Waals surface area contributed by atoms with Crippen molar-refractivity contribution in [2.24, 2.45) is 16.4 Å². The van der Waals surface area contributed by atoms with E-state index >= 15 is 0 Å². The van der Waals surface area contributed by atoms with Crippen LogP contribution in [-0.4, -0.2) is 31.1 Å². The summed E-state index contributed by atoms with van der Waals surface area (Å²) in [7, 11) is 1.67. The zero-order valence-electron chi connectivity index (χ0n) is 12.6. The van der Waals surface area contributed by atoms with Gasteiger partial charge in [-0.3, -0.25) is 5.43 Å². The lowest BCUT2D eigenvalue weighted by atomic mass is 9.72. The summed E-state index contributed by atoms with van der Waals surface area (Å²) in [5.41, 5.74) is 4.56. The summed E-state index contributed by atoms with van der Waals surface area (Å²) in [4.78, 5) is 0. The maximum absolute atomic E-state index is 5.13. The monoisotopic (exact) mass is 285 g/mol. The number of hydrogen-bond donors (Lipinski definition) is 2. The zero-order valence-corrected chi connectivity index (χ0v) is 13.4. The Bertz CT molecular complexity index is 313. The number of nitrogens with one attached hydrogen (secondary N) is 2. The van der Waals surface area contributed by atoms with Crippen LogP contribution in [0.3, 0.4) is 0 Å². The molecule has 0 aromatic heterocycles. The highest BCUT2D eigenvalue weighted by Crippen LogP contribution is 2.36. The Kier molecular flexibility index (Phi) is 6.72.